The van der Waals surface area contributed by atoms with Crippen LogP contribution >= 0.6 is 0 Å². The minimum Gasteiger partial charge on any atom is -0.481 e. The summed E-state index contributed by atoms with van der Waals surface area (Å²) in [6.45, 7) is 0.00221. The van der Waals surface area contributed by atoms with Crippen molar-refractivity contribution >= 4 is 75.6 Å². The van der Waals surface area contributed by atoms with Crippen molar-refractivity contribution in [3.63, 3.8) is 0 Å². The summed E-state index contributed by atoms with van der Waals surface area (Å²) in [4.78, 5) is 121. The standard InChI is InChI=1S/C54H63N7O12/c62-46(31-61-50(67)39-28-38-14-9-13-35-11-3-1-2-4-15-41(35)57-44(38)29-40(39)51(61)68)56-30-32-17-21-36(22-18-32)48(65)58-45(27-33-19-20-34-10-5-6-12-37(34)26-33)49(66)55-25-8-7-16-42(52(69)70)59-54(73)60-43(53(71)72)23-24-47(63)64/h1-2,5-6,10,12-13,19-20,26,28-29,32,36,42-43,45H,3-4,7-9,11,14-18,21-25,27,30-31H2,(H,55,66)(H,56,62)(H,58,65)(H,63,64)(H,69,70)(H,71,72)(H2,59,60,73)/b2-1+,35-13-,57-41?/t32?,36?,42-,43-,45-/m0/s1. The first-order valence-corrected chi connectivity index (χ1v) is 25.2. The highest BCUT2D eigenvalue weighted by Gasteiger charge is 2.38. The predicted octanol–water partition coefficient (Wildman–Crippen LogP) is 5.52. The number of amides is 7. The SMILES string of the molecule is O=C(O)CC[C@H](NC(=O)N[C@@H](CCCCNC(=O)[C@H](Cc1ccc2ccccc2c1)NC(=O)C1CCC(CNC(=O)CN2C(=O)c3cc4c(cc3C2=O)N=C2CC/C=C/CC/C2=C/CC4)CC1)C(=O)O)C(=O)O. The molecule has 7 amide bonds. The molecule has 0 radical (unpaired) electrons. The summed E-state index contributed by atoms with van der Waals surface area (Å²) in [5, 5.41) is 42.9. The number of unbranched alkanes of at least 4 members (excludes halogenated alkanes) is 1. The van der Waals surface area contributed by atoms with E-state index >= 15 is 0 Å². The van der Waals surface area contributed by atoms with Crippen molar-refractivity contribution in [3.05, 3.63) is 101 Å². The van der Waals surface area contributed by atoms with Gasteiger partial charge in [-0.1, -0.05) is 60.7 Å². The predicted molar refractivity (Wildman–Crippen MR) is 269 cm³/mol. The van der Waals surface area contributed by atoms with Gasteiger partial charge in [-0.05, 0) is 135 Å². The van der Waals surface area contributed by atoms with Crippen LogP contribution in [0.2, 0.25) is 0 Å². The average Bonchev–Trinajstić information content (AvgIpc) is 3.57. The van der Waals surface area contributed by atoms with Crippen molar-refractivity contribution in [2.75, 3.05) is 19.6 Å². The molecule has 386 valence electrons. The lowest BCUT2D eigenvalue weighted by atomic mass is 9.81. The molecule has 19 heteroatoms. The van der Waals surface area contributed by atoms with E-state index in [9.17, 15) is 53.4 Å². The third-order valence-corrected chi connectivity index (χ3v) is 14.0. The molecule has 19 nitrogen and oxygen atoms in total. The zero-order chi connectivity index (χ0) is 52.0. The molecule has 1 fully saturated rings. The number of urea groups is 1. The molecular weight excluding hydrogens is 939 g/mol. The number of aryl methyl sites for hydroxylation is 1. The van der Waals surface area contributed by atoms with E-state index in [4.69, 9.17) is 10.1 Å². The molecule has 4 aliphatic rings. The first-order valence-electron chi connectivity index (χ1n) is 25.2. The first kappa shape index (κ1) is 53.1. The summed E-state index contributed by atoms with van der Waals surface area (Å²) in [6.07, 6.45) is 13.6. The number of carboxylic acid groups (broad SMARTS) is 3. The number of aliphatic carboxylic acids is 3. The lowest BCUT2D eigenvalue weighted by molar-refractivity contribution is -0.141. The molecule has 3 aromatic carbocycles. The number of aliphatic imine (C=N–C) groups is 1. The van der Waals surface area contributed by atoms with Crippen molar-refractivity contribution in [1.82, 2.24) is 31.5 Å². The summed E-state index contributed by atoms with van der Waals surface area (Å²) in [5.74, 6) is -6.66. The fraction of sp³-hybridized carbons (Fsp3) is 0.444. The number of hydrogen-bond acceptors (Lipinski definition) is 10. The zero-order valence-corrected chi connectivity index (χ0v) is 40.7. The highest BCUT2D eigenvalue weighted by molar-refractivity contribution is 6.23. The number of fused-ring (bicyclic) bond motifs is 4. The van der Waals surface area contributed by atoms with Crippen LogP contribution in [-0.2, 0) is 41.6 Å². The maximum atomic E-state index is 13.8. The Morgan fingerprint density at radius 3 is 2.10 bits per heavy atom. The van der Waals surface area contributed by atoms with Crippen LogP contribution in [0.1, 0.15) is 122 Å². The number of carbonyl (C=O) groups excluding carboxylic acids is 6. The largest absolute Gasteiger partial charge is 0.481 e. The number of carboxylic acids is 3. The van der Waals surface area contributed by atoms with Crippen LogP contribution in [-0.4, -0.2) is 117 Å². The third kappa shape index (κ3) is 14.5. The molecule has 8 N–H and O–H groups in total. The lowest BCUT2D eigenvalue weighted by Crippen LogP contribution is -2.51. The van der Waals surface area contributed by atoms with E-state index in [2.05, 4.69) is 44.8 Å². The van der Waals surface area contributed by atoms with Crippen LogP contribution < -0.4 is 26.6 Å². The Hall–Kier alpha value is -7.70. The summed E-state index contributed by atoms with van der Waals surface area (Å²) in [5.41, 5.74) is 5.18. The molecular formula is C54H63N7O12. The van der Waals surface area contributed by atoms with Gasteiger partial charge in [-0.15, -0.1) is 0 Å². The van der Waals surface area contributed by atoms with E-state index in [0.717, 1.165) is 64.6 Å². The zero-order valence-electron chi connectivity index (χ0n) is 40.7. The molecule has 0 saturated heterocycles. The van der Waals surface area contributed by atoms with Gasteiger partial charge in [-0.3, -0.25) is 38.7 Å². The Balaban J connectivity index is 0.882. The summed E-state index contributed by atoms with van der Waals surface area (Å²) in [7, 11) is 0. The van der Waals surface area contributed by atoms with E-state index in [0.29, 0.717) is 50.8 Å². The third-order valence-electron chi connectivity index (χ3n) is 14.0. The van der Waals surface area contributed by atoms with E-state index in [1.807, 2.05) is 42.5 Å². The van der Waals surface area contributed by atoms with Gasteiger partial charge >= 0.3 is 23.9 Å². The Kier molecular flexibility index (Phi) is 18.3. The summed E-state index contributed by atoms with van der Waals surface area (Å²) >= 11 is 0. The van der Waals surface area contributed by atoms with Crippen LogP contribution in [0.25, 0.3) is 10.8 Å². The van der Waals surface area contributed by atoms with E-state index < -0.39 is 91.0 Å². The van der Waals surface area contributed by atoms with Crippen molar-refractivity contribution < 1.29 is 58.5 Å². The Bertz CT molecular complexity index is 2720. The molecule has 73 heavy (non-hydrogen) atoms. The molecule has 2 heterocycles. The van der Waals surface area contributed by atoms with Gasteiger partial charge in [-0.2, -0.15) is 0 Å². The van der Waals surface area contributed by atoms with Crippen LogP contribution in [0, 0.1) is 11.8 Å². The molecule has 1 saturated carbocycles. The quantitative estimate of drug-likeness (QED) is 0.0372. The number of carbonyl (C=O) groups is 9. The van der Waals surface area contributed by atoms with Gasteiger partial charge in [0.05, 0.1) is 16.8 Å². The number of nitrogens with one attached hydrogen (secondary N) is 5. The second-order valence-corrected chi connectivity index (χ2v) is 19.2. The van der Waals surface area contributed by atoms with E-state index in [1.54, 1.807) is 12.1 Å². The monoisotopic (exact) mass is 1000 g/mol. The minimum atomic E-state index is -1.54. The first-order chi connectivity index (χ1) is 35.1. The number of nitrogens with zero attached hydrogens (tertiary/aromatic N) is 2. The van der Waals surface area contributed by atoms with E-state index in [-0.39, 0.29) is 48.8 Å². The highest BCUT2D eigenvalue weighted by atomic mass is 16.4. The van der Waals surface area contributed by atoms with Crippen molar-refractivity contribution in [3.8, 4) is 0 Å². The second kappa shape index (κ2) is 25.1. The van der Waals surface area contributed by atoms with Gasteiger partial charge in [0.2, 0.25) is 17.7 Å². The van der Waals surface area contributed by atoms with Crippen LogP contribution in [0.15, 0.2) is 83.4 Å². The van der Waals surface area contributed by atoms with Crippen LogP contribution in [0.5, 0.6) is 0 Å². The molecule has 0 spiro atoms. The summed E-state index contributed by atoms with van der Waals surface area (Å²) in [6, 6.07) is 12.1. The molecule has 0 aromatic heterocycles. The molecule has 2 aliphatic heterocycles. The molecule has 2 aliphatic carbocycles. The average molecular weight is 1000 g/mol. The second-order valence-electron chi connectivity index (χ2n) is 19.2. The Labute approximate surface area is 422 Å². The summed E-state index contributed by atoms with van der Waals surface area (Å²) < 4.78 is 0. The number of benzene rings is 3. The molecule has 7 rings (SSSR count). The van der Waals surface area contributed by atoms with Gasteiger partial charge in [-0.25, -0.2) is 14.4 Å². The Morgan fingerprint density at radius 1 is 0.699 bits per heavy atom. The van der Waals surface area contributed by atoms with E-state index in [1.165, 1.54) is 5.57 Å². The molecule has 3 aromatic rings. The highest BCUT2D eigenvalue weighted by Crippen LogP contribution is 2.35. The Morgan fingerprint density at radius 2 is 1.38 bits per heavy atom. The smallest absolute Gasteiger partial charge is 0.326 e. The van der Waals surface area contributed by atoms with Gasteiger partial charge in [0.15, 0.2) is 0 Å². The minimum absolute atomic E-state index is 0.0450. The van der Waals surface area contributed by atoms with Gasteiger partial charge in [0, 0.05) is 37.6 Å². The maximum absolute atomic E-state index is 13.8. The fourth-order valence-electron chi connectivity index (χ4n) is 9.85. The van der Waals surface area contributed by atoms with Crippen molar-refractivity contribution in [2.45, 2.75) is 121 Å². The van der Waals surface area contributed by atoms with Crippen LogP contribution in [0.3, 0.4) is 0 Å². The molecule has 0 bridgehead atoms. The van der Waals surface area contributed by atoms with Crippen LogP contribution in [0.4, 0.5) is 10.5 Å². The number of rotatable bonds is 21. The van der Waals surface area contributed by atoms with Gasteiger partial charge < -0.3 is 41.9 Å². The maximum Gasteiger partial charge on any atom is 0.326 e. The van der Waals surface area contributed by atoms with Gasteiger partial charge in [0.1, 0.15) is 24.7 Å². The number of imide groups is 1. The number of hydrogen-bond donors (Lipinski definition) is 8. The molecule has 0 unspecified atom stereocenters. The van der Waals surface area contributed by atoms with Gasteiger partial charge in [0.25, 0.3) is 11.8 Å². The lowest BCUT2D eigenvalue weighted by Gasteiger charge is -2.29. The fourth-order valence-corrected chi connectivity index (χ4v) is 9.85. The normalized spacial score (nSPS) is 19.8. The van der Waals surface area contributed by atoms with Crippen molar-refractivity contribution in [2.24, 2.45) is 16.8 Å². The van der Waals surface area contributed by atoms with Crippen molar-refractivity contribution in [1.29, 1.82) is 0 Å². The molecule has 3 atom stereocenters. The number of allylic oxidation sites excluding steroid dienone is 4. The topological polar surface area (TPSA) is 290 Å².